The van der Waals surface area contributed by atoms with Crippen LogP contribution in [0.15, 0.2) is 18.5 Å². The average Bonchev–Trinajstić information content (AvgIpc) is 2.52. The molecule has 1 heterocycles. The molecule has 0 amide bonds. The van der Waals surface area contributed by atoms with E-state index in [-0.39, 0.29) is 5.54 Å². The van der Waals surface area contributed by atoms with E-state index in [1.165, 1.54) is 0 Å². The lowest BCUT2D eigenvalue weighted by atomic mass is 10.1. The molecule has 1 unspecified atom stereocenters. The highest BCUT2D eigenvalue weighted by Gasteiger charge is 2.11. The molecule has 1 atom stereocenters. The van der Waals surface area contributed by atoms with Gasteiger partial charge in [0.1, 0.15) is 0 Å². The van der Waals surface area contributed by atoms with Gasteiger partial charge >= 0.3 is 0 Å². The van der Waals surface area contributed by atoms with Gasteiger partial charge in [-0.2, -0.15) is 5.10 Å². The minimum absolute atomic E-state index is 0.207. The third kappa shape index (κ3) is 4.42. The largest absolute Gasteiger partial charge is 0.312 e. The SMILES string of the molecule is CC(CNC(C)(C)C)Cn1cccn1. The van der Waals surface area contributed by atoms with Gasteiger partial charge in [-0.15, -0.1) is 0 Å². The predicted molar refractivity (Wildman–Crippen MR) is 59.1 cm³/mol. The number of hydrogen-bond acceptors (Lipinski definition) is 2. The van der Waals surface area contributed by atoms with E-state index in [2.05, 4.69) is 38.1 Å². The average molecular weight is 195 g/mol. The molecule has 0 aliphatic rings. The summed E-state index contributed by atoms with van der Waals surface area (Å²) in [6, 6.07) is 1.96. The topological polar surface area (TPSA) is 29.9 Å². The molecule has 14 heavy (non-hydrogen) atoms. The van der Waals surface area contributed by atoms with Gasteiger partial charge < -0.3 is 5.32 Å². The van der Waals surface area contributed by atoms with E-state index in [0.29, 0.717) is 5.92 Å². The van der Waals surface area contributed by atoms with Crippen molar-refractivity contribution < 1.29 is 0 Å². The molecule has 1 aromatic rings. The Morgan fingerprint density at radius 1 is 1.43 bits per heavy atom. The molecule has 0 aliphatic heterocycles. The molecular formula is C11H21N3. The Bertz CT molecular complexity index is 246. The third-order valence-electron chi connectivity index (χ3n) is 2.04. The van der Waals surface area contributed by atoms with Crippen LogP contribution in [0.5, 0.6) is 0 Å². The fourth-order valence-corrected chi connectivity index (χ4v) is 1.27. The van der Waals surface area contributed by atoms with Crippen LogP contribution in [0.1, 0.15) is 27.7 Å². The van der Waals surface area contributed by atoms with Crippen molar-refractivity contribution in [3.63, 3.8) is 0 Å². The van der Waals surface area contributed by atoms with Crippen molar-refractivity contribution in [1.82, 2.24) is 15.1 Å². The van der Waals surface area contributed by atoms with Gasteiger partial charge in [0.25, 0.3) is 0 Å². The van der Waals surface area contributed by atoms with Crippen LogP contribution >= 0.6 is 0 Å². The van der Waals surface area contributed by atoms with Crippen LogP contribution in [0, 0.1) is 5.92 Å². The molecule has 0 bridgehead atoms. The highest BCUT2D eigenvalue weighted by atomic mass is 15.3. The maximum absolute atomic E-state index is 4.19. The zero-order chi connectivity index (χ0) is 10.6. The second kappa shape index (κ2) is 4.60. The van der Waals surface area contributed by atoms with Gasteiger partial charge in [-0.3, -0.25) is 4.68 Å². The van der Waals surface area contributed by atoms with E-state index in [4.69, 9.17) is 0 Å². The molecule has 1 N–H and O–H groups in total. The molecule has 3 nitrogen and oxygen atoms in total. The lowest BCUT2D eigenvalue weighted by Gasteiger charge is -2.23. The van der Waals surface area contributed by atoms with Crippen LogP contribution in [0.4, 0.5) is 0 Å². The van der Waals surface area contributed by atoms with E-state index in [1.807, 2.05) is 23.1 Å². The summed E-state index contributed by atoms with van der Waals surface area (Å²) in [5, 5.41) is 7.68. The van der Waals surface area contributed by atoms with Crippen LogP contribution < -0.4 is 5.32 Å². The first kappa shape index (κ1) is 11.2. The zero-order valence-corrected chi connectivity index (χ0v) is 9.62. The predicted octanol–water partition coefficient (Wildman–Crippen LogP) is 1.91. The quantitative estimate of drug-likeness (QED) is 0.795. The second-order valence-corrected chi connectivity index (χ2v) is 4.96. The van der Waals surface area contributed by atoms with Crippen LogP contribution in [0.25, 0.3) is 0 Å². The van der Waals surface area contributed by atoms with E-state index in [0.717, 1.165) is 13.1 Å². The van der Waals surface area contributed by atoms with Crippen molar-refractivity contribution in [2.24, 2.45) is 5.92 Å². The molecule has 1 rings (SSSR count). The fourth-order valence-electron chi connectivity index (χ4n) is 1.27. The Morgan fingerprint density at radius 2 is 2.14 bits per heavy atom. The van der Waals surface area contributed by atoms with E-state index in [1.54, 1.807) is 0 Å². The Kier molecular flexibility index (Phi) is 3.69. The number of nitrogens with one attached hydrogen (secondary N) is 1. The van der Waals surface area contributed by atoms with Gasteiger partial charge in [0.05, 0.1) is 0 Å². The highest BCUT2D eigenvalue weighted by molar-refractivity contribution is 4.79. The molecular weight excluding hydrogens is 174 g/mol. The van der Waals surface area contributed by atoms with Crippen LogP contribution in [-0.2, 0) is 6.54 Å². The maximum atomic E-state index is 4.19. The highest BCUT2D eigenvalue weighted by Crippen LogP contribution is 2.03. The van der Waals surface area contributed by atoms with Crippen molar-refractivity contribution in [3.8, 4) is 0 Å². The number of nitrogens with zero attached hydrogens (tertiary/aromatic N) is 2. The lowest BCUT2D eigenvalue weighted by molar-refractivity contribution is 0.352. The molecule has 0 aliphatic carbocycles. The molecule has 0 aromatic carbocycles. The lowest BCUT2D eigenvalue weighted by Crippen LogP contribution is -2.39. The second-order valence-electron chi connectivity index (χ2n) is 4.96. The van der Waals surface area contributed by atoms with Crippen LogP contribution in [0.2, 0.25) is 0 Å². The normalized spacial score (nSPS) is 14.3. The molecule has 0 spiro atoms. The molecule has 80 valence electrons. The molecule has 3 heteroatoms. The van der Waals surface area contributed by atoms with E-state index >= 15 is 0 Å². The van der Waals surface area contributed by atoms with Crippen LogP contribution in [-0.4, -0.2) is 21.9 Å². The standard InChI is InChI=1S/C11H21N3/c1-10(8-12-11(2,3)4)9-14-7-5-6-13-14/h5-7,10,12H,8-9H2,1-4H3. The van der Waals surface area contributed by atoms with Gasteiger partial charge in [0.15, 0.2) is 0 Å². The minimum Gasteiger partial charge on any atom is -0.312 e. The Balaban J connectivity index is 2.26. The van der Waals surface area contributed by atoms with Crippen molar-refractivity contribution in [3.05, 3.63) is 18.5 Å². The maximum Gasteiger partial charge on any atom is 0.0489 e. The molecule has 0 saturated carbocycles. The number of hydrogen-bond donors (Lipinski definition) is 1. The van der Waals surface area contributed by atoms with Gasteiger partial charge in [-0.1, -0.05) is 6.92 Å². The summed E-state index contributed by atoms with van der Waals surface area (Å²) in [5.41, 5.74) is 0.207. The Morgan fingerprint density at radius 3 is 2.64 bits per heavy atom. The summed E-state index contributed by atoms with van der Waals surface area (Å²) < 4.78 is 1.98. The summed E-state index contributed by atoms with van der Waals surface area (Å²) in [4.78, 5) is 0. The minimum atomic E-state index is 0.207. The van der Waals surface area contributed by atoms with Crippen molar-refractivity contribution >= 4 is 0 Å². The first-order valence-electron chi connectivity index (χ1n) is 5.20. The molecule has 1 aromatic heterocycles. The summed E-state index contributed by atoms with van der Waals surface area (Å²) in [6.07, 6.45) is 3.83. The Labute approximate surface area is 86.5 Å². The van der Waals surface area contributed by atoms with Gasteiger partial charge in [0.2, 0.25) is 0 Å². The first-order valence-corrected chi connectivity index (χ1v) is 5.20. The summed E-state index contributed by atoms with van der Waals surface area (Å²) >= 11 is 0. The third-order valence-corrected chi connectivity index (χ3v) is 2.04. The summed E-state index contributed by atoms with van der Waals surface area (Å²) in [5.74, 6) is 0.606. The Hall–Kier alpha value is -0.830. The molecule has 0 radical (unpaired) electrons. The molecule has 0 saturated heterocycles. The van der Waals surface area contributed by atoms with E-state index in [9.17, 15) is 0 Å². The smallest absolute Gasteiger partial charge is 0.0489 e. The van der Waals surface area contributed by atoms with E-state index < -0.39 is 0 Å². The van der Waals surface area contributed by atoms with Crippen molar-refractivity contribution in [2.45, 2.75) is 39.8 Å². The van der Waals surface area contributed by atoms with Gasteiger partial charge in [0, 0.05) is 24.5 Å². The zero-order valence-electron chi connectivity index (χ0n) is 9.62. The first-order chi connectivity index (χ1) is 6.47. The van der Waals surface area contributed by atoms with Crippen molar-refractivity contribution in [2.75, 3.05) is 6.54 Å². The molecule has 0 fully saturated rings. The van der Waals surface area contributed by atoms with Gasteiger partial charge in [-0.25, -0.2) is 0 Å². The number of rotatable bonds is 4. The number of aromatic nitrogens is 2. The van der Waals surface area contributed by atoms with Gasteiger partial charge in [-0.05, 0) is 39.3 Å². The van der Waals surface area contributed by atoms with Crippen LogP contribution in [0.3, 0.4) is 0 Å². The van der Waals surface area contributed by atoms with Crippen molar-refractivity contribution in [1.29, 1.82) is 0 Å². The summed E-state index contributed by atoms with van der Waals surface area (Å²) in [7, 11) is 0. The summed E-state index contributed by atoms with van der Waals surface area (Å²) in [6.45, 7) is 10.8. The monoisotopic (exact) mass is 195 g/mol. The fraction of sp³-hybridized carbons (Fsp3) is 0.727.